The molecule has 1 unspecified atom stereocenters. The molecule has 0 heterocycles. The van der Waals surface area contributed by atoms with Crippen molar-refractivity contribution in [1.82, 2.24) is 0 Å². The third-order valence-corrected chi connectivity index (χ3v) is 4.13. The summed E-state index contributed by atoms with van der Waals surface area (Å²) in [5, 5.41) is 12.7. The molecule has 2 heteroatoms. The van der Waals surface area contributed by atoms with Gasteiger partial charge in [0.15, 0.2) is 0 Å². The Labute approximate surface area is 119 Å². The smallest absolute Gasteiger partial charge is 0.0870 e. The van der Waals surface area contributed by atoms with Gasteiger partial charge in [-0.15, -0.1) is 0 Å². The average Bonchev–Trinajstić information content (AvgIpc) is 2.48. The van der Waals surface area contributed by atoms with Crippen molar-refractivity contribution in [2.24, 2.45) is 5.16 Å². The standard InChI is InChI=1S/C18H19NO/c1-13-7-9-16-15(12-14-5-3-2-4-6-14)8-10-18(19-20)17(16)11-13/h2-7,9,11,15,20H,8,10,12H2,1H3/b19-18+. The van der Waals surface area contributed by atoms with Gasteiger partial charge < -0.3 is 5.21 Å². The lowest BCUT2D eigenvalue weighted by Crippen LogP contribution is -2.18. The van der Waals surface area contributed by atoms with E-state index in [1.165, 1.54) is 16.7 Å². The number of fused-ring (bicyclic) bond motifs is 1. The van der Waals surface area contributed by atoms with E-state index < -0.39 is 0 Å². The van der Waals surface area contributed by atoms with Crippen LogP contribution in [0.5, 0.6) is 0 Å². The van der Waals surface area contributed by atoms with Gasteiger partial charge in [0.2, 0.25) is 0 Å². The molecule has 0 fully saturated rings. The van der Waals surface area contributed by atoms with E-state index in [1.807, 2.05) is 0 Å². The average molecular weight is 265 g/mol. The molecular formula is C18H19NO. The molecule has 0 aliphatic heterocycles. The van der Waals surface area contributed by atoms with Gasteiger partial charge in [-0.25, -0.2) is 0 Å². The third-order valence-electron chi connectivity index (χ3n) is 4.13. The Morgan fingerprint density at radius 1 is 1.15 bits per heavy atom. The molecule has 0 aromatic heterocycles. The lowest BCUT2D eigenvalue weighted by atomic mass is 9.78. The van der Waals surface area contributed by atoms with Crippen molar-refractivity contribution in [2.45, 2.75) is 32.1 Å². The second-order valence-electron chi connectivity index (χ2n) is 5.56. The Morgan fingerprint density at radius 2 is 1.95 bits per heavy atom. The third kappa shape index (κ3) is 2.46. The van der Waals surface area contributed by atoms with Crippen LogP contribution in [0.1, 0.15) is 41.0 Å². The Morgan fingerprint density at radius 3 is 2.70 bits per heavy atom. The summed E-state index contributed by atoms with van der Waals surface area (Å²) in [6.45, 7) is 2.08. The molecule has 0 saturated heterocycles. The van der Waals surface area contributed by atoms with Crippen molar-refractivity contribution in [1.29, 1.82) is 0 Å². The number of nitrogens with zero attached hydrogens (tertiary/aromatic N) is 1. The second kappa shape index (κ2) is 5.49. The van der Waals surface area contributed by atoms with E-state index in [9.17, 15) is 5.21 Å². The molecule has 0 amide bonds. The zero-order valence-corrected chi connectivity index (χ0v) is 11.7. The van der Waals surface area contributed by atoms with E-state index in [2.05, 4.69) is 60.6 Å². The van der Waals surface area contributed by atoms with Crippen LogP contribution >= 0.6 is 0 Å². The highest BCUT2D eigenvalue weighted by molar-refractivity contribution is 6.02. The molecule has 2 aromatic rings. The summed E-state index contributed by atoms with van der Waals surface area (Å²) in [7, 11) is 0. The minimum Gasteiger partial charge on any atom is -0.411 e. The van der Waals surface area contributed by atoms with Gasteiger partial charge in [0.05, 0.1) is 5.71 Å². The van der Waals surface area contributed by atoms with E-state index in [0.717, 1.165) is 30.5 Å². The molecule has 102 valence electrons. The van der Waals surface area contributed by atoms with E-state index in [0.29, 0.717) is 5.92 Å². The maximum atomic E-state index is 9.19. The van der Waals surface area contributed by atoms with Gasteiger partial charge in [-0.05, 0) is 49.3 Å². The highest BCUT2D eigenvalue weighted by atomic mass is 16.4. The minimum absolute atomic E-state index is 0.512. The van der Waals surface area contributed by atoms with Crippen LogP contribution in [0.25, 0.3) is 0 Å². The van der Waals surface area contributed by atoms with Crippen LogP contribution in [0.2, 0.25) is 0 Å². The Kier molecular flexibility index (Phi) is 3.55. The summed E-state index contributed by atoms with van der Waals surface area (Å²) < 4.78 is 0. The molecule has 0 spiro atoms. The first-order valence-electron chi connectivity index (χ1n) is 7.13. The number of rotatable bonds is 2. The Hall–Kier alpha value is -2.09. The predicted octanol–water partition coefficient (Wildman–Crippen LogP) is 4.29. The van der Waals surface area contributed by atoms with E-state index in [-0.39, 0.29) is 0 Å². The molecule has 0 radical (unpaired) electrons. The molecule has 1 N–H and O–H groups in total. The maximum absolute atomic E-state index is 9.19. The number of benzene rings is 2. The van der Waals surface area contributed by atoms with Gasteiger partial charge in [-0.1, -0.05) is 53.2 Å². The first kappa shape index (κ1) is 12.9. The molecular weight excluding hydrogens is 246 g/mol. The fourth-order valence-electron chi connectivity index (χ4n) is 3.09. The van der Waals surface area contributed by atoms with Crippen molar-refractivity contribution in [3.05, 3.63) is 70.8 Å². The van der Waals surface area contributed by atoms with Crippen LogP contribution in [0.3, 0.4) is 0 Å². The number of hydrogen-bond donors (Lipinski definition) is 1. The molecule has 1 aliphatic rings. The lowest BCUT2D eigenvalue weighted by Gasteiger charge is -2.26. The summed E-state index contributed by atoms with van der Waals surface area (Å²) in [6.07, 6.45) is 2.95. The summed E-state index contributed by atoms with van der Waals surface area (Å²) in [4.78, 5) is 0. The first-order valence-corrected chi connectivity index (χ1v) is 7.13. The fraction of sp³-hybridized carbons (Fsp3) is 0.278. The van der Waals surface area contributed by atoms with Gasteiger partial charge in [0.25, 0.3) is 0 Å². The molecule has 1 atom stereocenters. The van der Waals surface area contributed by atoms with Crippen LogP contribution in [0.4, 0.5) is 0 Å². The van der Waals surface area contributed by atoms with Gasteiger partial charge in [-0.3, -0.25) is 0 Å². The minimum atomic E-state index is 0.512. The zero-order chi connectivity index (χ0) is 13.9. The predicted molar refractivity (Wildman–Crippen MR) is 81.6 cm³/mol. The molecule has 2 nitrogen and oxygen atoms in total. The first-order chi connectivity index (χ1) is 9.78. The topological polar surface area (TPSA) is 32.6 Å². The summed E-state index contributed by atoms with van der Waals surface area (Å²) in [5.41, 5.74) is 5.85. The quantitative estimate of drug-likeness (QED) is 0.637. The van der Waals surface area contributed by atoms with E-state index in [1.54, 1.807) is 0 Å². The highest BCUT2D eigenvalue weighted by Crippen LogP contribution is 2.34. The van der Waals surface area contributed by atoms with Crippen molar-refractivity contribution in [3.63, 3.8) is 0 Å². The van der Waals surface area contributed by atoms with Crippen molar-refractivity contribution in [2.75, 3.05) is 0 Å². The summed E-state index contributed by atoms with van der Waals surface area (Å²) in [6, 6.07) is 17.1. The molecule has 1 aliphatic carbocycles. The van der Waals surface area contributed by atoms with Crippen LogP contribution < -0.4 is 0 Å². The van der Waals surface area contributed by atoms with E-state index in [4.69, 9.17) is 0 Å². The lowest BCUT2D eigenvalue weighted by molar-refractivity contribution is 0.317. The normalized spacial score (nSPS) is 19.9. The molecule has 3 rings (SSSR count). The Bertz CT molecular complexity index is 631. The molecule has 0 bridgehead atoms. The monoisotopic (exact) mass is 265 g/mol. The van der Waals surface area contributed by atoms with Crippen molar-refractivity contribution < 1.29 is 5.21 Å². The van der Waals surface area contributed by atoms with Gasteiger partial charge in [0.1, 0.15) is 0 Å². The maximum Gasteiger partial charge on any atom is 0.0870 e. The molecule has 20 heavy (non-hydrogen) atoms. The fourth-order valence-corrected chi connectivity index (χ4v) is 3.09. The SMILES string of the molecule is Cc1ccc2c(c1)/C(=N/O)CCC2Cc1ccccc1. The molecule has 2 aromatic carbocycles. The summed E-state index contributed by atoms with van der Waals surface area (Å²) in [5.74, 6) is 0.512. The summed E-state index contributed by atoms with van der Waals surface area (Å²) >= 11 is 0. The van der Waals surface area contributed by atoms with Crippen LogP contribution in [-0.4, -0.2) is 10.9 Å². The van der Waals surface area contributed by atoms with Crippen molar-refractivity contribution >= 4 is 5.71 Å². The largest absolute Gasteiger partial charge is 0.411 e. The zero-order valence-electron chi connectivity index (χ0n) is 11.7. The Balaban J connectivity index is 1.96. The van der Waals surface area contributed by atoms with Gasteiger partial charge in [0, 0.05) is 5.56 Å². The second-order valence-corrected chi connectivity index (χ2v) is 5.56. The number of oxime groups is 1. The van der Waals surface area contributed by atoms with E-state index >= 15 is 0 Å². The highest BCUT2D eigenvalue weighted by Gasteiger charge is 2.24. The van der Waals surface area contributed by atoms with Crippen LogP contribution in [-0.2, 0) is 6.42 Å². The van der Waals surface area contributed by atoms with Gasteiger partial charge >= 0.3 is 0 Å². The van der Waals surface area contributed by atoms with Crippen LogP contribution in [0.15, 0.2) is 53.7 Å². The number of aryl methyl sites for hydroxylation is 1. The van der Waals surface area contributed by atoms with Crippen molar-refractivity contribution in [3.8, 4) is 0 Å². The number of hydrogen-bond acceptors (Lipinski definition) is 2. The van der Waals surface area contributed by atoms with Crippen LogP contribution in [0, 0.1) is 6.92 Å². The molecule has 0 saturated carbocycles. The van der Waals surface area contributed by atoms with Gasteiger partial charge in [-0.2, -0.15) is 0 Å².